The van der Waals surface area contributed by atoms with Crippen LogP contribution in [-0.4, -0.2) is 75.8 Å². The average molecular weight is 729 g/mol. The van der Waals surface area contributed by atoms with Gasteiger partial charge in [0.15, 0.2) is 0 Å². The average Bonchev–Trinajstić information content (AvgIpc) is 3.20. The van der Waals surface area contributed by atoms with E-state index >= 15 is 0 Å². The van der Waals surface area contributed by atoms with Crippen LogP contribution in [0.5, 0.6) is 0 Å². The fraction of sp³-hybridized carbons (Fsp3) is 0.350. The molecule has 52 heavy (non-hydrogen) atoms. The van der Waals surface area contributed by atoms with Crippen molar-refractivity contribution in [1.82, 2.24) is 15.1 Å². The van der Waals surface area contributed by atoms with E-state index in [0.717, 1.165) is 11.1 Å². The molecule has 12 heteroatoms. The van der Waals surface area contributed by atoms with Gasteiger partial charge in [0.05, 0.1) is 6.04 Å². The Morgan fingerprint density at radius 3 is 2.15 bits per heavy atom. The van der Waals surface area contributed by atoms with Gasteiger partial charge in [-0.05, 0) is 28.8 Å². The number of urea groups is 1. The molecular formula is C40H49N4O7P. The topological polar surface area (TPSA) is 147 Å². The SMILES string of the molecule is CCO[PH]1(CCCNC(=O)c2cccc(CN3C(=O)N(Cc4cccc(N)c4)C(c4ccccc4)[C@H](O)[C@@H](O)[C@H]3Cc3ccccc3)c2)OC(C)O1. The number of benzene rings is 4. The van der Waals surface area contributed by atoms with Crippen molar-refractivity contribution >= 4 is 25.6 Å². The van der Waals surface area contributed by atoms with E-state index < -0.39 is 32.2 Å². The summed E-state index contributed by atoms with van der Waals surface area (Å²) in [5.74, 6) is -0.247. The van der Waals surface area contributed by atoms with Gasteiger partial charge in [-0.2, -0.15) is 0 Å². The quantitative estimate of drug-likeness (QED) is 0.0722. The molecule has 2 aliphatic heterocycles. The summed E-state index contributed by atoms with van der Waals surface area (Å²) >= 11 is 0. The summed E-state index contributed by atoms with van der Waals surface area (Å²) in [4.78, 5) is 31.5. The minimum atomic E-state index is -2.64. The summed E-state index contributed by atoms with van der Waals surface area (Å²) in [5.41, 5.74) is 10.2. The molecule has 0 aromatic heterocycles. The molecule has 2 heterocycles. The van der Waals surface area contributed by atoms with Crippen LogP contribution in [0, 0.1) is 0 Å². The Hall–Kier alpha value is -4.35. The number of nitrogens with two attached hydrogens (primary N) is 1. The van der Waals surface area contributed by atoms with Gasteiger partial charge in [-0.3, -0.25) is 0 Å². The molecule has 3 amide bonds. The van der Waals surface area contributed by atoms with E-state index in [4.69, 9.17) is 19.3 Å². The van der Waals surface area contributed by atoms with Crippen molar-refractivity contribution in [2.45, 2.75) is 70.4 Å². The molecular weight excluding hydrogens is 679 g/mol. The zero-order valence-electron chi connectivity index (χ0n) is 29.6. The van der Waals surface area contributed by atoms with Gasteiger partial charge < -0.3 is 15.9 Å². The van der Waals surface area contributed by atoms with E-state index in [-0.39, 0.29) is 31.3 Å². The Bertz CT molecular complexity index is 1790. The summed E-state index contributed by atoms with van der Waals surface area (Å²) in [6, 6.07) is 31.4. The van der Waals surface area contributed by atoms with E-state index in [0.29, 0.717) is 54.5 Å². The molecule has 1 unspecified atom stereocenters. The number of carbonyl (C=O) groups is 2. The number of rotatable bonds is 14. The molecule has 0 radical (unpaired) electrons. The minimum absolute atomic E-state index is 0.0888. The number of hydrogen-bond acceptors (Lipinski definition) is 8. The van der Waals surface area contributed by atoms with Gasteiger partial charge in [0, 0.05) is 12.2 Å². The first kappa shape index (κ1) is 37.4. The number of nitrogens with zero attached hydrogens (tertiary/aromatic N) is 2. The summed E-state index contributed by atoms with van der Waals surface area (Å²) < 4.78 is 17.4. The summed E-state index contributed by atoms with van der Waals surface area (Å²) in [7, 11) is -2.64. The number of aliphatic hydroxyl groups excluding tert-OH is 2. The Morgan fingerprint density at radius 2 is 1.48 bits per heavy atom. The number of nitrogens with one attached hydrogen (secondary N) is 1. The molecule has 2 aliphatic rings. The van der Waals surface area contributed by atoms with Crippen LogP contribution in [0.15, 0.2) is 109 Å². The molecule has 2 fully saturated rings. The number of amides is 3. The predicted molar refractivity (Wildman–Crippen MR) is 202 cm³/mol. The first-order valence-corrected chi connectivity index (χ1v) is 19.8. The van der Waals surface area contributed by atoms with Crippen molar-refractivity contribution in [3.63, 3.8) is 0 Å². The standard InChI is InChI=1S/C40H49N4O7P/c1-3-49-52(50-28(2)51-52)22-12-21-42-39(47)33-19-10-15-30(23-33)26-43-35(25-29-13-6-4-7-14-29)37(45)38(46)36(32-17-8-5-9-18-32)44(40(43)48)27-31-16-11-20-34(41)24-31/h4-11,13-20,23-24,28,35-38,45-46,52H,3,12,21-22,25-27,41H2,1-2H3,(H,42,47)/t35-,36?,37+,38+/m1/s1. The van der Waals surface area contributed by atoms with Crippen LogP contribution in [0.2, 0.25) is 0 Å². The second-order valence-corrected chi connectivity index (χ2v) is 16.0. The number of nitrogen functional groups attached to an aromatic ring is 1. The number of carbonyl (C=O) groups excluding carboxylic acids is 2. The van der Waals surface area contributed by atoms with Gasteiger partial charge in [-0.15, -0.1) is 0 Å². The summed E-state index contributed by atoms with van der Waals surface area (Å²) in [5, 5.41) is 27.0. The first-order valence-electron chi connectivity index (χ1n) is 17.9. The van der Waals surface area contributed by atoms with Crippen molar-refractivity contribution in [2.24, 2.45) is 0 Å². The van der Waals surface area contributed by atoms with E-state index in [9.17, 15) is 19.8 Å². The molecule has 0 spiro atoms. The fourth-order valence-corrected chi connectivity index (χ4v) is 9.77. The second-order valence-electron chi connectivity index (χ2n) is 13.4. The van der Waals surface area contributed by atoms with Gasteiger partial charge in [0.2, 0.25) is 0 Å². The normalized spacial score (nSPS) is 23.4. The van der Waals surface area contributed by atoms with Crippen molar-refractivity contribution in [3.8, 4) is 0 Å². The maximum atomic E-state index is 15.0. The summed E-state index contributed by atoms with van der Waals surface area (Å²) in [6.07, 6.45) is -1.34. The van der Waals surface area contributed by atoms with E-state index in [1.807, 2.05) is 98.8 Å². The van der Waals surface area contributed by atoms with Gasteiger partial charge >= 0.3 is 165 Å². The van der Waals surface area contributed by atoms with Crippen molar-refractivity contribution < 1.29 is 33.4 Å². The van der Waals surface area contributed by atoms with E-state index in [2.05, 4.69) is 5.32 Å². The third-order valence-electron chi connectivity index (χ3n) is 9.57. The fourth-order valence-electron chi connectivity index (χ4n) is 7.17. The Labute approximate surface area is 305 Å². The van der Waals surface area contributed by atoms with Crippen molar-refractivity contribution in [2.75, 3.05) is 25.0 Å². The van der Waals surface area contributed by atoms with Crippen molar-refractivity contribution in [3.05, 3.63) is 137 Å². The maximum absolute atomic E-state index is 15.0. The molecule has 4 aromatic rings. The molecule has 4 aromatic carbocycles. The zero-order valence-corrected chi connectivity index (χ0v) is 30.6. The van der Waals surface area contributed by atoms with Gasteiger partial charge in [-0.1, -0.05) is 72.8 Å². The van der Waals surface area contributed by atoms with E-state index in [1.165, 1.54) is 0 Å². The third kappa shape index (κ3) is 8.81. The third-order valence-corrected chi connectivity index (χ3v) is 12.6. The molecule has 0 aliphatic carbocycles. The summed E-state index contributed by atoms with van der Waals surface area (Å²) in [6.45, 7) is 4.90. The molecule has 6 rings (SSSR count). The van der Waals surface area contributed by atoms with Gasteiger partial charge in [0.1, 0.15) is 6.10 Å². The Kier molecular flexibility index (Phi) is 12.2. The predicted octanol–water partition coefficient (Wildman–Crippen LogP) is 5.83. The van der Waals surface area contributed by atoms with Crippen LogP contribution in [0.1, 0.15) is 58.9 Å². The van der Waals surface area contributed by atoms with Gasteiger partial charge in [-0.25, -0.2) is 0 Å². The Balaban J connectivity index is 1.28. The van der Waals surface area contributed by atoms with Crippen LogP contribution in [0.25, 0.3) is 0 Å². The van der Waals surface area contributed by atoms with Gasteiger partial charge in [0.25, 0.3) is 0 Å². The molecule has 5 N–H and O–H groups in total. The molecule has 0 bridgehead atoms. The Morgan fingerprint density at radius 1 is 0.846 bits per heavy atom. The zero-order chi connectivity index (χ0) is 36.7. The molecule has 276 valence electrons. The first-order chi connectivity index (χ1) is 25.2. The van der Waals surface area contributed by atoms with Crippen LogP contribution in [0.4, 0.5) is 10.5 Å². The second kappa shape index (κ2) is 17.0. The monoisotopic (exact) mass is 728 g/mol. The molecule has 2 saturated heterocycles. The number of anilines is 1. The van der Waals surface area contributed by atoms with Crippen molar-refractivity contribution in [1.29, 1.82) is 0 Å². The molecule has 0 saturated carbocycles. The molecule has 4 atom stereocenters. The van der Waals surface area contributed by atoms with Crippen LogP contribution in [0.3, 0.4) is 0 Å². The van der Waals surface area contributed by atoms with Crippen LogP contribution in [-0.2, 0) is 33.1 Å². The van der Waals surface area contributed by atoms with Crippen LogP contribution < -0.4 is 11.1 Å². The van der Waals surface area contributed by atoms with E-state index in [1.54, 1.807) is 34.1 Å². The molecule has 11 nitrogen and oxygen atoms in total. The number of hydrogen-bond donors (Lipinski definition) is 4. The van der Waals surface area contributed by atoms with Crippen LogP contribution >= 0.6 is 7.94 Å². The number of aliphatic hydroxyl groups is 2.